The number of nitrogens with one attached hydrogen (secondary N) is 1. The monoisotopic (exact) mass is 279 g/mol. The molecule has 0 spiro atoms. The lowest BCUT2D eigenvalue weighted by Gasteiger charge is -2.37. The van der Waals surface area contributed by atoms with Crippen LogP contribution in [0.2, 0.25) is 0 Å². The zero-order valence-corrected chi connectivity index (χ0v) is 12.7. The van der Waals surface area contributed by atoms with Crippen LogP contribution in [0, 0.1) is 5.92 Å². The van der Waals surface area contributed by atoms with E-state index in [4.69, 9.17) is 5.73 Å². The molecular formula is C16H29N3O. The normalized spacial score (nSPS) is 25.7. The van der Waals surface area contributed by atoms with Crippen molar-refractivity contribution in [3.05, 3.63) is 0 Å². The second kappa shape index (κ2) is 5.64. The molecule has 3 rings (SSSR count). The first kappa shape index (κ1) is 14.3. The van der Waals surface area contributed by atoms with Crippen molar-refractivity contribution in [2.75, 3.05) is 13.1 Å². The third kappa shape index (κ3) is 3.17. The Hall–Kier alpha value is -0.610. The molecule has 3 N–H and O–H groups in total. The van der Waals surface area contributed by atoms with E-state index in [9.17, 15) is 4.79 Å². The Morgan fingerprint density at radius 1 is 1.25 bits per heavy atom. The molecule has 3 aliphatic carbocycles. The molecular weight excluding hydrogens is 250 g/mol. The maximum absolute atomic E-state index is 12.3. The zero-order chi connectivity index (χ0) is 14.2. The van der Waals surface area contributed by atoms with Crippen molar-refractivity contribution < 1.29 is 4.79 Å². The molecule has 0 aromatic heterocycles. The van der Waals surface area contributed by atoms with Crippen LogP contribution >= 0.6 is 0 Å². The predicted molar refractivity (Wildman–Crippen MR) is 80.3 cm³/mol. The lowest BCUT2D eigenvalue weighted by Crippen LogP contribution is -2.64. The van der Waals surface area contributed by atoms with Crippen LogP contribution in [0.25, 0.3) is 0 Å². The van der Waals surface area contributed by atoms with Gasteiger partial charge in [-0.3, -0.25) is 15.0 Å². The number of carbonyl (C=O) groups excluding carboxylic acids is 1. The molecule has 0 bridgehead atoms. The third-order valence-corrected chi connectivity index (χ3v) is 5.07. The molecule has 20 heavy (non-hydrogen) atoms. The smallest absolute Gasteiger partial charge is 0.239 e. The summed E-state index contributed by atoms with van der Waals surface area (Å²) >= 11 is 0. The van der Waals surface area contributed by atoms with E-state index in [2.05, 4.69) is 17.1 Å². The Balaban J connectivity index is 1.71. The summed E-state index contributed by atoms with van der Waals surface area (Å²) in [5.74, 6) is 0.359. The Morgan fingerprint density at radius 3 is 2.40 bits per heavy atom. The van der Waals surface area contributed by atoms with Gasteiger partial charge in [0.25, 0.3) is 0 Å². The van der Waals surface area contributed by atoms with Gasteiger partial charge in [0, 0.05) is 18.6 Å². The van der Waals surface area contributed by atoms with Gasteiger partial charge in [0.15, 0.2) is 0 Å². The van der Waals surface area contributed by atoms with Crippen LogP contribution in [0.15, 0.2) is 0 Å². The first-order valence-electron chi connectivity index (χ1n) is 8.47. The molecule has 4 heteroatoms. The van der Waals surface area contributed by atoms with Crippen LogP contribution in [-0.2, 0) is 4.79 Å². The number of unbranched alkanes of at least 4 members (excludes halogenated alkanes) is 1. The van der Waals surface area contributed by atoms with Crippen LogP contribution in [0.1, 0.15) is 58.3 Å². The quantitative estimate of drug-likeness (QED) is 0.639. The highest BCUT2D eigenvalue weighted by Gasteiger charge is 2.53. The highest BCUT2D eigenvalue weighted by molar-refractivity contribution is 5.86. The van der Waals surface area contributed by atoms with E-state index in [-0.39, 0.29) is 5.91 Å². The first-order valence-corrected chi connectivity index (χ1v) is 8.47. The zero-order valence-electron chi connectivity index (χ0n) is 12.7. The maximum atomic E-state index is 12.3. The van der Waals surface area contributed by atoms with Crippen molar-refractivity contribution in [2.24, 2.45) is 11.7 Å². The summed E-state index contributed by atoms with van der Waals surface area (Å²) in [7, 11) is 0. The van der Waals surface area contributed by atoms with E-state index in [1.807, 2.05) is 0 Å². The third-order valence-electron chi connectivity index (χ3n) is 5.07. The van der Waals surface area contributed by atoms with Crippen molar-refractivity contribution in [1.82, 2.24) is 10.2 Å². The van der Waals surface area contributed by atoms with Crippen molar-refractivity contribution in [3.63, 3.8) is 0 Å². The van der Waals surface area contributed by atoms with Gasteiger partial charge < -0.3 is 5.73 Å². The SMILES string of the molecule is CCCCN(CC(NC1CC1)(C(N)=O)C1CC1)C1CC1. The summed E-state index contributed by atoms with van der Waals surface area (Å²) in [5, 5.41) is 3.64. The Morgan fingerprint density at radius 2 is 1.95 bits per heavy atom. The van der Waals surface area contributed by atoms with E-state index in [1.54, 1.807) is 0 Å². The van der Waals surface area contributed by atoms with E-state index in [0.717, 1.165) is 25.9 Å². The highest BCUT2D eigenvalue weighted by Crippen LogP contribution is 2.43. The molecule has 3 fully saturated rings. The molecule has 1 amide bonds. The molecule has 0 aliphatic heterocycles. The van der Waals surface area contributed by atoms with Crippen LogP contribution in [0.5, 0.6) is 0 Å². The number of hydrogen-bond donors (Lipinski definition) is 2. The molecule has 4 nitrogen and oxygen atoms in total. The van der Waals surface area contributed by atoms with E-state index < -0.39 is 5.54 Å². The second-order valence-electron chi connectivity index (χ2n) is 7.08. The highest BCUT2D eigenvalue weighted by atomic mass is 16.1. The fraction of sp³-hybridized carbons (Fsp3) is 0.938. The molecule has 114 valence electrons. The summed E-state index contributed by atoms with van der Waals surface area (Å²) in [6, 6.07) is 1.25. The minimum Gasteiger partial charge on any atom is -0.368 e. The summed E-state index contributed by atoms with van der Waals surface area (Å²) in [5.41, 5.74) is 5.41. The van der Waals surface area contributed by atoms with Gasteiger partial charge in [-0.05, 0) is 57.4 Å². The predicted octanol–water partition coefficient (Wildman–Crippen LogP) is 1.64. The van der Waals surface area contributed by atoms with Crippen LogP contribution in [0.3, 0.4) is 0 Å². The molecule has 1 unspecified atom stereocenters. The molecule has 0 heterocycles. The van der Waals surface area contributed by atoms with Gasteiger partial charge in [-0.15, -0.1) is 0 Å². The number of amides is 1. The molecule has 0 aromatic rings. The van der Waals surface area contributed by atoms with Gasteiger partial charge in [0.05, 0.1) is 0 Å². The number of primary amides is 1. The Kier molecular flexibility index (Phi) is 4.04. The van der Waals surface area contributed by atoms with Crippen LogP contribution < -0.4 is 11.1 Å². The average molecular weight is 279 g/mol. The number of rotatable bonds is 10. The topological polar surface area (TPSA) is 58.4 Å². The van der Waals surface area contributed by atoms with Crippen LogP contribution in [-0.4, -0.2) is 41.5 Å². The molecule has 0 aromatic carbocycles. The molecule has 3 saturated carbocycles. The standard InChI is InChI=1S/C16H29N3O/c1-2-3-10-19(14-8-9-14)11-16(15(17)20,12-4-5-12)18-13-6-7-13/h12-14,18H,2-11H2,1H3,(H2,17,20). The van der Waals surface area contributed by atoms with E-state index in [1.165, 1.54) is 38.5 Å². The molecule has 1 atom stereocenters. The van der Waals surface area contributed by atoms with E-state index >= 15 is 0 Å². The van der Waals surface area contributed by atoms with Gasteiger partial charge in [-0.1, -0.05) is 13.3 Å². The van der Waals surface area contributed by atoms with Gasteiger partial charge in [-0.25, -0.2) is 0 Å². The molecule has 0 saturated heterocycles. The fourth-order valence-electron chi connectivity index (χ4n) is 3.32. The lowest BCUT2D eigenvalue weighted by molar-refractivity contribution is -0.126. The largest absolute Gasteiger partial charge is 0.368 e. The number of nitrogens with zero attached hydrogens (tertiary/aromatic N) is 1. The van der Waals surface area contributed by atoms with Crippen molar-refractivity contribution in [3.8, 4) is 0 Å². The molecule has 3 aliphatic rings. The number of carbonyl (C=O) groups is 1. The summed E-state index contributed by atoms with van der Waals surface area (Å²) in [6.07, 6.45) is 9.77. The minimum atomic E-state index is -0.447. The van der Waals surface area contributed by atoms with Crippen molar-refractivity contribution in [1.29, 1.82) is 0 Å². The Labute approximate surface area is 122 Å². The first-order chi connectivity index (χ1) is 9.65. The second-order valence-corrected chi connectivity index (χ2v) is 7.08. The fourth-order valence-corrected chi connectivity index (χ4v) is 3.32. The van der Waals surface area contributed by atoms with Gasteiger partial charge >= 0.3 is 0 Å². The van der Waals surface area contributed by atoms with Gasteiger partial charge in [-0.2, -0.15) is 0 Å². The van der Waals surface area contributed by atoms with Crippen molar-refractivity contribution >= 4 is 5.91 Å². The van der Waals surface area contributed by atoms with Crippen LogP contribution in [0.4, 0.5) is 0 Å². The average Bonchev–Trinajstić information content (AvgIpc) is 3.29. The lowest BCUT2D eigenvalue weighted by atomic mass is 9.90. The molecule has 0 radical (unpaired) electrons. The summed E-state index contributed by atoms with van der Waals surface area (Å²) in [4.78, 5) is 14.8. The summed E-state index contributed by atoms with van der Waals surface area (Å²) < 4.78 is 0. The Bertz CT molecular complexity index is 361. The number of hydrogen-bond acceptors (Lipinski definition) is 3. The number of nitrogens with two attached hydrogens (primary N) is 1. The summed E-state index contributed by atoms with van der Waals surface area (Å²) in [6.45, 7) is 4.19. The minimum absolute atomic E-state index is 0.117. The van der Waals surface area contributed by atoms with E-state index in [0.29, 0.717) is 18.0 Å². The van der Waals surface area contributed by atoms with Crippen molar-refractivity contribution in [2.45, 2.75) is 75.9 Å². The van der Waals surface area contributed by atoms with Gasteiger partial charge in [0.1, 0.15) is 5.54 Å². The van der Waals surface area contributed by atoms with Gasteiger partial charge in [0.2, 0.25) is 5.91 Å². The maximum Gasteiger partial charge on any atom is 0.239 e.